The van der Waals surface area contributed by atoms with E-state index in [4.69, 9.17) is 10.2 Å². The van der Waals surface area contributed by atoms with Gasteiger partial charge in [0.15, 0.2) is 0 Å². The minimum atomic E-state index is -1.46. The van der Waals surface area contributed by atoms with Gasteiger partial charge in [0.25, 0.3) is 0 Å². The molecule has 2 N–H and O–H groups in total. The first-order valence-corrected chi connectivity index (χ1v) is 4.25. The minimum absolute atomic E-state index is 0.109. The van der Waals surface area contributed by atoms with E-state index in [0.29, 0.717) is 9.78 Å². The summed E-state index contributed by atoms with van der Waals surface area (Å²) in [7, 11) is 0. The van der Waals surface area contributed by atoms with Crippen LogP contribution in [0.25, 0.3) is 0 Å². The Bertz CT molecular complexity index is 294. The van der Waals surface area contributed by atoms with Gasteiger partial charge in [0.2, 0.25) is 0 Å². The number of nitrogens with zero attached hydrogens (tertiary/aromatic N) is 1. The third-order valence-corrected chi connectivity index (χ3v) is 2.22. The number of amides is 2. The zero-order valence-electron chi connectivity index (χ0n) is 6.51. The van der Waals surface area contributed by atoms with E-state index in [1.165, 1.54) is 11.3 Å². The van der Waals surface area contributed by atoms with Gasteiger partial charge in [-0.15, -0.1) is 11.3 Å². The van der Waals surface area contributed by atoms with Crippen molar-refractivity contribution in [3.63, 3.8) is 0 Å². The maximum absolute atomic E-state index is 10.4. The molecule has 2 amide bonds. The first-order chi connectivity index (χ1) is 6.11. The third-order valence-electron chi connectivity index (χ3n) is 1.36. The summed E-state index contributed by atoms with van der Waals surface area (Å²) < 4.78 is 0. The number of rotatable bonds is 2. The van der Waals surface area contributed by atoms with Crippen LogP contribution in [0.1, 0.15) is 4.88 Å². The Hall–Kier alpha value is -1.56. The van der Waals surface area contributed by atoms with Crippen molar-refractivity contribution in [3.8, 4) is 0 Å². The summed E-state index contributed by atoms with van der Waals surface area (Å²) >= 11 is 1.32. The Morgan fingerprint density at radius 3 is 2.38 bits per heavy atom. The van der Waals surface area contributed by atoms with E-state index < -0.39 is 12.2 Å². The smallest absolute Gasteiger partial charge is 0.417 e. The lowest BCUT2D eigenvalue weighted by Crippen LogP contribution is -2.33. The molecule has 0 bridgehead atoms. The van der Waals surface area contributed by atoms with Gasteiger partial charge in [-0.3, -0.25) is 0 Å². The summed E-state index contributed by atoms with van der Waals surface area (Å²) in [5, 5.41) is 18.7. The number of carboxylic acid groups (broad SMARTS) is 2. The Morgan fingerprint density at radius 2 is 2.00 bits per heavy atom. The van der Waals surface area contributed by atoms with Gasteiger partial charge in [-0.1, -0.05) is 6.07 Å². The van der Waals surface area contributed by atoms with Crippen LogP contribution in [-0.2, 0) is 6.54 Å². The molecule has 6 heteroatoms. The Balaban J connectivity index is 2.69. The third kappa shape index (κ3) is 2.45. The predicted octanol–water partition coefficient (Wildman–Crippen LogP) is 1.91. The lowest BCUT2D eigenvalue weighted by atomic mass is 10.4. The van der Waals surface area contributed by atoms with Gasteiger partial charge in [0, 0.05) is 4.88 Å². The lowest BCUT2D eigenvalue weighted by Gasteiger charge is -2.11. The maximum Gasteiger partial charge on any atom is 0.417 e. The van der Waals surface area contributed by atoms with Crippen molar-refractivity contribution < 1.29 is 19.8 Å². The highest BCUT2D eigenvalue weighted by Gasteiger charge is 2.19. The molecule has 0 aliphatic rings. The summed E-state index contributed by atoms with van der Waals surface area (Å²) in [4.78, 5) is 21.9. The molecule has 0 aliphatic carbocycles. The number of hydrogen-bond acceptors (Lipinski definition) is 3. The van der Waals surface area contributed by atoms with Crippen LogP contribution in [0.5, 0.6) is 0 Å². The van der Waals surface area contributed by atoms with Crippen LogP contribution in [0, 0.1) is 0 Å². The van der Waals surface area contributed by atoms with Crippen LogP contribution < -0.4 is 0 Å². The van der Waals surface area contributed by atoms with E-state index >= 15 is 0 Å². The van der Waals surface area contributed by atoms with E-state index in [9.17, 15) is 9.59 Å². The summed E-state index contributed by atoms with van der Waals surface area (Å²) in [6.07, 6.45) is -2.91. The summed E-state index contributed by atoms with van der Waals surface area (Å²) in [6.45, 7) is -0.109. The van der Waals surface area contributed by atoms with E-state index in [0.717, 1.165) is 0 Å². The standard InChI is InChI=1S/C7H7NO4S/c9-6(10)8(7(11)12)4-5-2-1-3-13-5/h1-3H,4H2,(H,9,10)(H,11,12). The molecule has 13 heavy (non-hydrogen) atoms. The second kappa shape index (κ2) is 3.90. The fourth-order valence-electron chi connectivity index (χ4n) is 0.775. The molecule has 0 saturated heterocycles. The van der Waals surface area contributed by atoms with Gasteiger partial charge >= 0.3 is 12.2 Å². The van der Waals surface area contributed by atoms with Crippen molar-refractivity contribution in [1.82, 2.24) is 4.90 Å². The van der Waals surface area contributed by atoms with Crippen molar-refractivity contribution in [2.45, 2.75) is 6.54 Å². The van der Waals surface area contributed by atoms with Crippen molar-refractivity contribution in [2.24, 2.45) is 0 Å². The quantitative estimate of drug-likeness (QED) is 0.766. The Kier molecular flexibility index (Phi) is 2.86. The molecule has 0 aliphatic heterocycles. The van der Waals surface area contributed by atoms with Gasteiger partial charge in [-0.05, 0) is 11.4 Å². The van der Waals surface area contributed by atoms with Crippen LogP contribution in [-0.4, -0.2) is 27.3 Å². The van der Waals surface area contributed by atoms with Gasteiger partial charge < -0.3 is 10.2 Å². The van der Waals surface area contributed by atoms with Crippen molar-refractivity contribution in [3.05, 3.63) is 22.4 Å². The van der Waals surface area contributed by atoms with Gasteiger partial charge in [0.1, 0.15) is 0 Å². The largest absolute Gasteiger partial charge is 0.465 e. The molecule has 1 rings (SSSR count). The van der Waals surface area contributed by atoms with E-state index in [-0.39, 0.29) is 6.54 Å². The topological polar surface area (TPSA) is 77.8 Å². The molecule has 0 spiro atoms. The first-order valence-electron chi connectivity index (χ1n) is 3.37. The van der Waals surface area contributed by atoms with Crippen LogP contribution >= 0.6 is 11.3 Å². The zero-order chi connectivity index (χ0) is 9.84. The molecular weight excluding hydrogens is 194 g/mol. The SMILES string of the molecule is O=C(O)N(Cc1cccs1)C(=O)O. The normalized spacial score (nSPS) is 9.54. The highest BCUT2D eigenvalue weighted by Crippen LogP contribution is 2.11. The highest BCUT2D eigenvalue weighted by atomic mass is 32.1. The van der Waals surface area contributed by atoms with E-state index in [2.05, 4.69) is 0 Å². The molecule has 1 aromatic rings. The monoisotopic (exact) mass is 201 g/mol. The van der Waals surface area contributed by atoms with Crippen LogP contribution in [0.4, 0.5) is 9.59 Å². The molecule has 70 valence electrons. The average molecular weight is 201 g/mol. The van der Waals surface area contributed by atoms with Crippen molar-refractivity contribution >= 4 is 23.5 Å². The Labute approximate surface area is 77.8 Å². The number of imide groups is 1. The summed E-state index contributed by atoms with van der Waals surface area (Å²) in [5.74, 6) is 0. The van der Waals surface area contributed by atoms with Crippen LogP contribution in [0.2, 0.25) is 0 Å². The molecule has 0 saturated carbocycles. The molecule has 0 unspecified atom stereocenters. The summed E-state index contributed by atoms with van der Waals surface area (Å²) in [5.41, 5.74) is 0. The van der Waals surface area contributed by atoms with Gasteiger partial charge in [-0.25, -0.2) is 14.5 Å². The Morgan fingerprint density at radius 1 is 1.38 bits per heavy atom. The highest BCUT2D eigenvalue weighted by molar-refractivity contribution is 7.09. The van der Waals surface area contributed by atoms with Crippen LogP contribution in [0.15, 0.2) is 17.5 Å². The van der Waals surface area contributed by atoms with E-state index in [1.54, 1.807) is 17.5 Å². The molecule has 0 aromatic carbocycles. The van der Waals surface area contributed by atoms with Gasteiger partial charge in [-0.2, -0.15) is 0 Å². The molecule has 1 heterocycles. The number of hydrogen-bond donors (Lipinski definition) is 2. The molecule has 0 radical (unpaired) electrons. The number of thiophene rings is 1. The fourth-order valence-corrected chi connectivity index (χ4v) is 1.47. The first kappa shape index (κ1) is 9.53. The number of carbonyl (C=O) groups is 2. The lowest BCUT2D eigenvalue weighted by molar-refractivity contribution is 0.121. The average Bonchev–Trinajstić information content (AvgIpc) is 2.50. The summed E-state index contributed by atoms with van der Waals surface area (Å²) in [6, 6.07) is 3.42. The van der Waals surface area contributed by atoms with E-state index in [1.807, 2.05) is 0 Å². The molecule has 1 aromatic heterocycles. The predicted molar refractivity (Wildman–Crippen MR) is 45.9 cm³/mol. The molecule has 5 nitrogen and oxygen atoms in total. The van der Waals surface area contributed by atoms with Crippen LogP contribution in [0.3, 0.4) is 0 Å². The second-order valence-corrected chi connectivity index (χ2v) is 3.26. The fraction of sp³-hybridized carbons (Fsp3) is 0.143. The second-order valence-electron chi connectivity index (χ2n) is 2.23. The molecular formula is C7H7NO4S. The zero-order valence-corrected chi connectivity index (χ0v) is 7.32. The molecule has 0 fully saturated rings. The molecule has 0 atom stereocenters. The minimum Gasteiger partial charge on any atom is -0.465 e. The van der Waals surface area contributed by atoms with Crippen molar-refractivity contribution in [2.75, 3.05) is 0 Å². The van der Waals surface area contributed by atoms with Crippen molar-refractivity contribution in [1.29, 1.82) is 0 Å². The van der Waals surface area contributed by atoms with Gasteiger partial charge in [0.05, 0.1) is 6.54 Å². The maximum atomic E-state index is 10.4.